The number of piperazine rings is 1. The number of hydrogen-bond acceptors (Lipinski definition) is 4. The van der Waals surface area contributed by atoms with E-state index in [0.29, 0.717) is 0 Å². The average molecular weight is 349 g/mol. The van der Waals surface area contributed by atoms with E-state index in [2.05, 4.69) is 46.2 Å². The van der Waals surface area contributed by atoms with Crippen LogP contribution in [0.2, 0.25) is 0 Å². The highest BCUT2D eigenvalue weighted by Gasteiger charge is 2.15. The monoisotopic (exact) mass is 349 g/mol. The Morgan fingerprint density at radius 3 is 2.46 bits per heavy atom. The molecule has 136 valence electrons. The third-order valence-electron chi connectivity index (χ3n) is 4.61. The molecule has 0 atom stereocenters. The number of nitrogens with zero attached hydrogens (tertiary/aromatic N) is 3. The Bertz CT molecular complexity index is 744. The van der Waals surface area contributed by atoms with Crippen molar-refractivity contribution in [2.24, 2.45) is 5.10 Å². The van der Waals surface area contributed by atoms with Gasteiger partial charge in [-0.05, 0) is 30.7 Å². The molecule has 1 saturated heterocycles. The Morgan fingerprint density at radius 2 is 1.73 bits per heavy atom. The van der Waals surface area contributed by atoms with Crippen LogP contribution in [0, 0.1) is 6.92 Å². The first-order valence-corrected chi connectivity index (χ1v) is 9.11. The fourth-order valence-electron chi connectivity index (χ4n) is 3.05. The SMILES string of the molecule is COc1ccccc1/C=C/C=N\N1CCN(Cc2ccc(C)cc2)CC1. The molecule has 0 amide bonds. The summed E-state index contributed by atoms with van der Waals surface area (Å²) in [4.78, 5) is 2.49. The van der Waals surface area contributed by atoms with Crippen LogP contribution in [0.4, 0.5) is 0 Å². The molecule has 3 rings (SSSR count). The lowest BCUT2D eigenvalue weighted by atomic mass is 10.1. The van der Waals surface area contributed by atoms with Crippen molar-refractivity contribution in [2.45, 2.75) is 13.5 Å². The van der Waals surface area contributed by atoms with Crippen molar-refractivity contribution in [1.29, 1.82) is 0 Å². The Labute approximate surface area is 156 Å². The van der Waals surface area contributed by atoms with Gasteiger partial charge in [-0.2, -0.15) is 5.10 Å². The van der Waals surface area contributed by atoms with Gasteiger partial charge in [-0.1, -0.05) is 48.0 Å². The molecule has 4 nitrogen and oxygen atoms in total. The third-order valence-corrected chi connectivity index (χ3v) is 4.61. The number of methoxy groups -OCH3 is 1. The molecule has 0 N–H and O–H groups in total. The molecule has 0 bridgehead atoms. The highest BCUT2D eigenvalue weighted by Crippen LogP contribution is 2.18. The predicted octanol–water partition coefficient (Wildman–Crippen LogP) is 3.82. The number of benzene rings is 2. The Balaban J connectivity index is 1.45. The van der Waals surface area contributed by atoms with E-state index in [9.17, 15) is 0 Å². The summed E-state index contributed by atoms with van der Waals surface area (Å²) < 4.78 is 5.35. The van der Waals surface area contributed by atoms with Crippen LogP contribution in [-0.4, -0.2) is 49.4 Å². The molecule has 0 saturated carbocycles. The van der Waals surface area contributed by atoms with Gasteiger partial charge in [0, 0.05) is 44.5 Å². The van der Waals surface area contributed by atoms with Crippen molar-refractivity contribution in [1.82, 2.24) is 9.91 Å². The zero-order valence-corrected chi connectivity index (χ0v) is 15.6. The normalized spacial score (nSPS) is 15.8. The molecule has 4 heteroatoms. The van der Waals surface area contributed by atoms with E-state index in [0.717, 1.165) is 44.0 Å². The largest absolute Gasteiger partial charge is 0.496 e. The van der Waals surface area contributed by atoms with Crippen LogP contribution in [0.5, 0.6) is 5.75 Å². The summed E-state index contributed by atoms with van der Waals surface area (Å²) in [6, 6.07) is 16.8. The van der Waals surface area contributed by atoms with E-state index in [-0.39, 0.29) is 0 Å². The number of hydrazone groups is 1. The van der Waals surface area contributed by atoms with Crippen molar-refractivity contribution in [3.8, 4) is 5.75 Å². The third kappa shape index (κ3) is 5.20. The fraction of sp³-hybridized carbons (Fsp3) is 0.318. The number of ether oxygens (including phenoxy) is 1. The number of aryl methyl sites for hydroxylation is 1. The van der Waals surface area contributed by atoms with Gasteiger partial charge in [-0.3, -0.25) is 9.91 Å². The van der Waals surface area contributed by atoms with Crippen LogP contribution in [0.15, 0.2) is 59.7 Å². The summed E-state index contributed by atoms with van der Waals surface area (Å²) in [6.07, 6.45) is 5.86. The minimum absolute atomic E-state index is 0.877. The summed E-state index contributed by atoms with van der Waals surface area (Å²) >= 11 is 0. The van der Waals surface area contributed by atoms with Gasteiger partial charge in [0.25, 0.3) is 0 Å². The zero-order chi connectivity index (χ0) is 18.2. The van der Waals surface area contributed by atoms with Gasteiger partial charge >= 0.3 is 0 Å². The quantitative estimate of drug-likeness (QED) is 0.742. The van der Waals surface area contributed by atoms with E-state index < -0.39 is 0 Å². The summed E-state index contributed by atoms with van der Waals surface area (Å²) in [5.74, 6) is 0.877. The molecule has 0 aromatic heterocycles. The Hall–Kier alpha value is -2.59. The summed E-state index contributed by atoms with van der Waals surface area (Å²) in [6.45, 7) is 7.16. The minimum atomic E-state index is 0.877. The van der Waals surface area contributed by atoms with E-state index in [4.69, 9.17) is 4.74 Å². The molecule has 1 heterocycles. The van der Waals surface area contributed by atoms with Crippen LogP contribution >= 0.6 is 0 Å². The van der Waals surface area contributed by atoms with Gasteiger partial charge in [-0.25, -0.2) is 0 Å². The molecule has 2 aromatic rings. The van der Waals surface area contributed by atoms with Crippen molar-refractivity contribution >= 4 is 12.3 Å². The first-order chi connectivity index (χ1) is 12.7. The van der Waals surface area contributed by atoms with Gasteiger partial charge in [0.15, 0.2) is 0 Å². The molecule has 1 aliphatic heterocycles. The van der Waals surface area contributed by atoms with Crippen molar-refractivity contribution < 1.29 is 4.74 Å². The lowest BCUT2D eigenvalue weighted by molar-refractivity contribution is 0.131. The number of rotatable bonds is 6. The lowest BCUT2D eigenvalue weighted by Gasteiger charge is -2.33. The summed E-state index contributed by atoms with van der Waals surface area (Å²) in [5.41, 5.74) is 3.76. The molecular weight excluding hydrogens is 322 g/mol. The van der Waals surface area contributed by atoms with Gasteiger partial charge < -0.3 is 4.74 Å². The van der Waals surface area contributed by atoms with Crippen LogP contribution in [0.3, 0.4) is 0 Å². The van der Waals surface area contributed by atoms with E-state index in [1.807, 2.05) is 42.6 Å². The second-order valence-corrected chi connectivity index (χ2v) is 6.58. The van der Waals surface area contributed by atoms with Gasteiger partial charge in [0.05, 0.1) is 7.11 Å². The Morgan fingerprint density at radius 1 is 1.00 bits per heavy atom. The average Bonchev–Trinajstić information content (AvgIpc) is 2.68. The Kier molecular flexibility index (Phi) is 6.45. The van der Waals surface area contributed by atoms with E-state index in [1.165, 1.54) is 11.1 Å². The van der Waals surface area contributed by atoms with Crippen LogP contribution in [0.1, 0.15) is 16.7 Å². The summed E-state index contributed by atoms with van der Waals surface area (Å²) in [5, 5.41) is 6.70. The predicted molar refractivity (Wildman–Crippen MR) is 109 cm³/mol. The zero-order valence-electron chi connectivity index (χ0n) is 15.6. The lowest BCUT2D eigenvalue weighted by Crippen LogP contribution is -2.43. The standard InChI is InChI=1S/C22H27N3O/c1-19-9-11-20(12-10-19)18-24-14-16-25(17-15-24)23-13-5-7-21-6-3-4-8-22(21)26-2/h3-13H,14-18H2,1-2H3/b7-5+,23-13-. The summed E-state index contributed by atoms with van der Waals surface area (Å²) in [7, 11) is 1.69. The maximum Gasteiger partial charge on any atom is 0.126 e. The molecule has 0 aliphatic carbocycles. The molecule has 1 fully saturated rings. The van der Waals surface area contributed by atoms with Crippen molar-refractivity contribution in [3.63, 3.8) is 0 Å². The van der Waals surface area contributed by atoms with E-state index >= 15 is 0 Å². The minimum Gasteiger partial charge on any atom is -0.496 e. The van der Waals surface area contributed by atoms with E-state index in [1.54, 1.807) is 7.11 Å². The van der Waals surface area contributed by atoms with Crippen molar-refractivity contribution in [2.75, 3.05) is 33.3 Å². The smallest absolute Gasteiger partial charge is 0.126 e. The molecule has 0 radical (unpaired) electrons. The van der Waals surface area contributed by atoms with Crippen LogP contribution in [-0.2, 0) is 6.54 Å². The molecule has 0 spiro atoms. The number of hydrogen-bond donors (Lipinski definition) is 0. The number of para-hydroxylation sites is 1. The second-order valence-electron chi connectivity index (χ2n) is 6.58. The van der Waals surface area contributed by atoms with Gasteiger partial charge in [0.1, 0.15) is 5.75 Å². The van der Waals surface area contributed by atoms with Crippen molar-refractivity contribution in [3.05, 3.63) is 71.3 Å². The first-order valence-electron chi connectivity index (χ1n) is 9.11. The highest BCUT2D eigenvalue weighted by molar-refractivity contribution is 5.79. The van der Waals surface area contributed by atoms with Gasteiger partial charge in [0.2, 0.25) is 0 Å². The van der Waals surface area contributed by atoms with Gasteiger partial charge in [-0.15, -0.1) is 0 Å². The first kappa shape index (κ1) is 18.2. The van der Waals surface area contributed by atoms with Crippen LogP contribution < -0.4 is 4.74 Å². The molecular formula is C22H27N3O. The molecule has 0 unspecified atom stereocenters. The molecule has 2 aromatic carbocycles. The molecule has 26 heavy (non-hydrogen) atoms. The maximum atomic E-state index is 5.35. The molecule has 1 aliphatic rings. The van der Waals surface area contributed by atoms with Crippen LogP contribution in [0.25, 0.3) is 6.08 Å². The highest BCUT2D eigenvalue weighted by atomic mass is 16.5. The maximum absolute atomic E-state index is 5.35. The topological polar surface area (TPSA) is 28.1 Å². The second kappa shape index (κ2) is 9.20. The number of allylic oxidation sites excluding steroid dienone is 1. The fourth-order valence-corrected chi connectivity index (χ4v) is 3.05.